The van der Waals surface area contributed by atoms with Crippen LogP contribution in [0.4, 0.5) is 4.79 Å². The van der Waals surface area contributed by atoms with Gasteiger partial charge in [-0.25, -0.2) is 4.79 Å². The molecule has 0 fully saturated rings. The molecule has 1 amide bonds. The van der Waals surface area contributed by atoms with E-state index in [1.165, 1.54) is 0 Å². The number of halogens is 1. The van der Waals surface area contributed by atoms with Crippen LogP contribution in [0.5, 0.6) is 0 Å². The molecule has 1 aromatic carbocycles. The molecule has 0 bridgehead atoms. The van der Waals surface area contributed by atoms with E-state index in [9.17, 15) is 14.7 Å². The number of hydrogen-bond donors (Lipinski definition) is 2. The Bertz CT molecular complexity index is 564. The molecule has 1 aromatic rings. The van der Waals surface area contributed by atoms with Crippen molar-refractivity contribution in [2.75, 3.05) is 0 Å². The smallest absolute Gasteiger partial charge is 0.408 e. The Morgan fingerprint density at radius 3 is 2.18 bits per heavy atom. The molecule has 22 heavy (non-hydrogen) atoms. The zero-order chi connectivity index (χ0) is 17.1. The van der Waals surface area contributed by atoms with Crippen molar-refractivity contribution in [3.63, 3.8) is 0 Å². The zero-order valence-electron chi connectivity index (χ0n) is 13.4. The SMILES string of the molecule is CC(C)(C)OC(=O)NC(c1ccccc1Br)C(C)(C)C(=O)O. The van der Waals surface area contributed by atoms with Gasteiger partial charge in [-0.05, 0) is 46.2 Å². The number of carboxylic acid groups (broad SMARTS) is 1. The molecule has 0 saturated heterocycles. The summed E-state index contributed by atoms with van der Waals surface area (Å²) in [7, 11) is 0. The summed E-state index contributed by atoms with van der Waals surface area (Å²) in [5, 5.41) is 12.2. The molecule has 6 heteroatoms. The number of alkyl carbamates (subject to hydrolysis) is 1. The highest BCUT2D eigenvalue weighted by Gasteiger charge is 2.40. The standard InChI is InChI=1S/C16H22BrNO4/c1-15(2,3)22-14(21)18-12(16(4,5)13(19)20)10-8-6-7-9-11(10)17/h6-9,12H,1-5H3,(H,18,21)(H,19,20). The third-order valence-corrected chi connectivity index (χ3v) is 3.87. The molecule has 1 unspecified atom stereocenters. The minimum Gasteiger partial charge on any atom is -0.481 e. The highest BCUT2D eigenvalue weighted by molar-refractivity contribution is 9.10. The van der Waals surface area contributed by atoms with E-state index in [0.717, 1.165) is 4.47 Å². The summed E-state index contributed by atoms with van der Waals surface area (Å²) in [5.41, 5.74) is -1.18. The second-order valence-electron chi connectivity index (χ2n) is 6.63. The van der Waals surface area contributed by atoms with Gasteiger partial charge in [0, 0.05) is 4.47 Å². The topological polar surface area (TPSA) is 75.6 Å². The summed E-state index contributed by atoms with van der Waals surface area (Å²) in [6.07, 6.45) is -0.650. The van der Waals surface area contributed by atoms with Crippen LogP contribution >= 0.6 is 15.9 Å². The molecule has 0 aliphatic rings. The largest absolute Gasteiger partial charge is 0.481 e. The number of ether oxygens (including phenoxy) is 1. The maximum absolute atomic E-state index is 12.1. The first-order valence-electron chi connectivity index (χ1n) is 6.92. The van der Waals surface area contributed by atoms with Gasteiger partial charge in [-0.2, -0.15) is 0 Å². The molecular weight excluding hydrogens is 350 g/mol. The molecule has 0 heterocycles. The molecule has 2 N–H and O–H groups in total. The van der Waals surface area contributed by atoms with E-state index in [1.807, 2.05) is 6.07 Å². The third-order valence-electron chi connectivity index (χ3n) is 3.15. The first-order valence-corrected chi connectivity index (χ1v) is 7.72. The zero-order valence-corrected chi connectivity index (χ0v) is 15.0. The van der Waals surface area contributed by atoms with Crippen molar-refractivity contribution < 1.29 is 19.4 Å². The van der Waals surface area contributed by atoms with Gasteiger partial charge < -0.3 is 15.2 Å². The van der Waals surface area contributed by atoms with Crippen LogP contribution in [0.25, 0.3) is 0 Å². The molecule has 1 atom stereocenters. The third kappa shape index (κ3) is 4.73. The molecule has 0 aliphatic carbocycles. The average molecular weight is 372 g/mol. The Labute approximate surface area is 139 Å². The van der Waals surface area contributed by atoms with Gasteiger partial charge in [0.2, 0.25) is 0 Å². The summed E-state index contributed by atoms with van der Waals surface area (Å²) in [4.78, 5) is 23.7. The Morgan fingerprint density at radius 1 is 1.18 bits per heavy atom. The second kappa shape index (κ2) is 6.69. The highest BCUT2D eigenvalue weighted by Crippen LogP contribution is 2.37. The van der Waals surface area contributed by atoms with Crippen molar-refractivity contribution in [1.29, 1.82) is 0 Å². The maximum Gasteiger partial charge on any atom is 0.408 e. The Morgan fingerprint density at radius 2 is 1.73 bits per heavy atom. The number of carboxylic acids is 1. The molecule has 122 valence electrons. The lowest BCUT2D eigenvalue weighted by molar-refractivity contribution is -0.148. The van der Waals surface area contributed by atoms with E-state index in [4.69, 9.17) is 4.74 Å². The van der Waals surface area contributed by atoms with Gasteiger partial charge in [0.05, 0.1) is 11.5 Å². The van der Waals surface area contributed by atoms with Gasteiger partial charge in [0.15, 0.2) is 0 Å². The predicted molar refractivity (Wildman–Crippen MR) is 87.7 cm³/mol. The fraction of sp³-hybridized carbons (Fsp3) is 0.500. The van der Waals surface area contributed by atoms with E-state index < -0.39 is 29.1 Å². The number of benzene rings is 1. The van der Waals surface area contributed by atoms with Crippen LogP contribution in [0.15, 0.2) is 28.7 Å². The maximum atomic E-state index is 12.1. The number of rotatable bonds is 4. The lowest BCUT2D eigenvalue weighted by atomic mass is 9.80. The Hall–Kier alpha value is -1.56. The van der Waals surface area contributed by atoms with Gasteiger partial charge >= 0.3 is 12.1 Å². The molecule has 5 nitrogen and oxygen atoms in total. The molecule has 0 radical (unpaired) electrons. The minimum absolute atomic E-state index is 0.650. The van der Waals surface area contributed by atoms with E-state index in [0.29, 0.717) is 5.56 Å². The van der Waals surface area contributed by atoms with Crippen molar-refractivity contribution in [3.05, 3.63) is 34.3 Å². The number of hydrogen-bond acceptors (Lipinski definition) is 3. The Balaban J connectivity index is 3.17. The lowest BCUT2D eigenvalue weighted by Gasteiger charge is -2.33. The molecule has 0 spiro atoms. The summed E-state index contributed by atoms with van der Waals surface area (Å²) in [6.45, 7) is 8.39. The van der Waals surface area contributed by atoms with Crippen LogP contribution in [0, 0.1) is 5.41 Å². The molecule has 0 aliphatic heterocycles. The number of aliphatic carboxylic acids is 1. The molecule has 1 rings (SSSR count). The first kappa shape index (κ1) is 18.5. The first-order chi connectivity index (χ1) is 9.95. The fourth-order valence-corrected chi connectivity index (χ4v) is 2.42. The van der Waals surface area contributed by atoms with Crippen LogP contribution in [-0.2, 0) is 9.53 Å². The lowest BCUT2D eigenvalue weighted by Crippen LogP contribution is -2.44. The summed E-state index contributed by atoms with van der Waals surface area (Å²) < 4.78 is 5.97. The van der Waals surface area contributed by atoms with Gasteiger partial charge in [0.1, 0.15) is 5.60 Å². The Kier molecular flexibility index (Phi) is 5.62. The highest BCUT2D eigenvalue weighted by atomic mass is 79.9. The van der Waals surface area contributed by atoms with Crippen LogP contribution in [0.1, 0.15) is 46.2 Å². The van der Waals surface area contributed by atoms with E-state index >= 15 is 0 Å². The van der Waals surface area contributed by atoms with Crippen molar-refractivity contribution in [1.82, 2.24) is 5.32 Å². The van der Waals surface area contributed by atoms with Crippen molar-refractivity contribution in [3.8, 4) is 0 Å². The second-order valence-corrected chi connectivity index (χ2v) is 7.48. The predicted octanol–water partition coefficient (Wildman–Crippen LogP) is 4.13. The summed E-state index contributed by atoms with van der Waals surface area (Å²) in [6, 6.07) is 6.46. The minimum atomic E-state index is -1.21. The van der Waals surface area contributed by atoms with Crippen molar-refractivity contribution >= 4 is 28.0 Å². The normalized spacial score (nSPS) is 13.4. The van der Waals surface area contributed by atoms with Gasteiger partial charge in [-0.1, -0.05) is 34.1 Å². The van der Waals surface area contributed by atoms with Crippen LogP contribution in [-0.4, -0.2) is 22.8 Å². The number of amides is 1. The summed E-state index contributed by atoms with van der Waals surface area (Å²) >= 11 is 3.40. The van der Waals surface area contributed by atoms with E-state index in [2.05, 4.69) is 21.2 Å². The van der Waals surface area contributed by atoms with E-state index in [1.54, 1.807) is 52.8 Å². The van der Waals surface area contributed by atoms with Gasteiger partial charge in [0.25, 0.3) is 0 Å². The van der Waals surface area contributed by atoms with Crippen LogP contribution < -0.4 is 5.32 Å². The number of carbonyl (C=O) groups is 2. The molecule has 0 saturated carbocycles. The fourth-order valence-electron chi connectivity index (χ4n) is 1.91. The van der Waals surface area contributed by atoms with Crippen molar-refractivity contribution in [2.24, 2.45) is 5.41 Å². The molecule has 0 aromatic heterocycles. The number of nitrogens with one attached hydrogen (secondary N) is 1. The van der Waals surface area contributed by atoms with E-state index in [-0.39, 0.29) is 0 Å². The van der Waals surface area contributed by atoms with Gasteiger partial charge in [-0.15, -0.1) is 0 Å². The quantitative estimate of drug-likeness (QED) is 0.834. The van der Waals surface area contributed by atoms with Gasteiger partial charge in [-0.3, -0.25) is 4.79 Å². The van der Waals surface area contributed by atoms with Crippen LogP contribution in [0.2, 0.25) is 0 Å². The summed E-state index contributed by atoms with van der Waals surface area (Å²) in [5.74, 6) is -1.01. The monoisotopic (exact) mass is 371 g/mol. The number of carbonyl (C=O) groups excluding carboxylic acids is 1. The van der Waals surface area contributed by atoms with Crippen LogP contribution in [0.3, 0.4) is 0 Å². The van der Waals surface area contributed by atoms with Crippen molar-refractivity contribution in [2.45, 2.75) is 46.3 Å². The molecular formula is C16H22BrNO4. The average Bonchev–Trinajstić information content (AvgIpc) is 2.34.